The van der Waals surface area contributed by atoms with Crippen molar-refractivity contribution < 1.29 is 4.79 Å². The highest BCUT2D eigenvalue weighted by Crippen LogP contribution is 2.30. The summed E-state index contributed by atoms with van der Waals surface area (Å²) in [5.74, 6) is 2.92. The summed E-state index contributed by atoms with van der Waals surface area (Å²) in [6.45, 7) is 4.60. The lowest BCUT2D eigenvalue weighted by Gasteiger charge is -2.36. The third kappa shape index (κ3) is 4.02. The molecule has 2 unspecified atom stereocenters. The molecule has 2 fully saturated rings. The van der Waals surface area contributed by atoms with Gasteiger partial charge in [-0.1, -0.05) is 36.8 Å². The van der Waals surface area contributed by atoms with Crippen molar-refractivity contribution in [2.75, 3.05) is 19.6 Å². The highest BCUT2D eigenvalue weighted by Gasteiger charge is 2.36. The SMILES string of the molecule is O=C(C1CCCN1Cc1ccccc1)N1CCCC(c2nnc3n2CCCCC3)C1. The summed E-state index contributed by atoms with van der Waals surface area (Å²) in [7, 11) is 0. The van der Waals surface area contributed by atoms with Gasteiger partial charge in [-0.2, -0.15) is 0 Å². The van der Waals surface area contributed by atoms with Gasteiger partial charge >= 0.3 is 0 Å². The Labute approximate surface area is 179 Å². The second kappa shape index (κ2) is 8.88. The summed E-state index contributed by atoms with van der Waals surface area (Å²) >= 11 is 0. The fraction of sp³-hybridized carbons (Fsp3) is 0.625. The van der Waals surface area contributed by atoms with Crippen LogP contribution in [0.15, 0.2) is 30.3 Å². The molecule has 0 N–H and O–H groups in total. The van der Waals surface area contributed by atoms with E-state index in [0.717, 1.165) is 76.5 Å². The number of amides is 1. The summed E-state index contributed by atoms with van der Waals surface area (Å²) in [5.41, 5.74) is 1.29. The van der Waals surface area contributed by atoms with Crippen LogP contribution in [0.3, 0.4) is 0 Å². The first kappa shape index (κ1) is 19.7. The third-order valence-corrected chi connectivity index (χ3v) is 7.11. The Morgan fingerprint density at radius 3 is 2.70 bits per heavy atom. The van der Waals surface area contributed by atoms with Crippen LogP contribution in [-0.4, -0.2) is 56.1 Å². The molecule has 4 heterocycles. The molecule has 0 radical (unpaired) electrons. The molecule has 1 amide bonds. The van der Waals surface area contributed by atoms with Crippen molar-refractivity contribution in [3.63, 3.8) is 0 Å². The third-order valence-electron chi connectivity index (χ3n) is 7.11. The molecule has 30 heavy (non-hydrogen) atoms. The maximum absolute atomic E-state index is 13.5. The number of rotatable bonds is 4. The van der Waals surface area contributed by atoms with Crippen LogP contribution in [0.25, 0.3) is 0 Å². The summed E-state index contributed by atoms with van der Waals surface area (Å²) in [5, 5.41) is 9.09. The summed E-state index contributed by atoms with van der Waals surface area (Å²) in [6, 6.07) is 10.6. The van der Waals surface area contributed by atoms with Crippen molar-refractivity contribution in [1.29, 1.82) is 0 Å². The molecule has 2 saturated heterocycles. The number of nitrogens with zero attached hydrogens (tertiary/aromatic N) is 5. The van der Waals surface area contributed by atoms with Gasteiger partial charge in [0, 0.05) is 38.5 Å². The van der Waals surface area contributed by atoms with Crippen LogP contribution in [0, 0.1) is 0 Å². The van der Waals surface area contributed by atoms with Crippen molar-refractivity contribution in [1.82, 2.24) is 24.6 Å². The molecule has 2 atom stereocenters. The minimum atomic E-state index is 0.0273. The largest absolute Gasteiger partial charge is 0.341 e. The highest BCUT2D eigenvalue weighted by atomic mass is 16.2. The van der Waals surface area contributed by atoms with E-state index in [9.17, 15) is 4.79 Å². The van der Waals surface area contributed by atoms with Crippen molar-refractivity contribution in [3.8, 4) is 0 Å². The van der Waals surface area contributed by atoms with E-state index < -0.39 is 0 Å². The molecule has 3 aliphatic rings. The van der Waals surface area contributed by atoms with Crippen LogP contribution < -0.4 is 0 Å². The average molecular weight is 408 g/mol. The molecular weight excluding hydrogens is 374 g/mol. The number of fused-ring (bicyclic) bond motifs is 1. The molecular formula is C24H33N5O. The first-order valence-electron chi connectivity index (χ1n) is 11.8. The van der Waals surface area contributed by atoms with E-state index in [1.54, 1.807) is 0 Å². The smallest absolute Gasteiger partial charge is 0.239 e. The molecule has 1 aromatic heterocycles. The van der Waals surface area contributed by atoms with Gasteiger partial charge in [-0.25, -0.2) is 0 Å². The quantitative estimate of drug-likeness (QED) is 0.780. The van der Waals surface area contributed by atoms with Crippen LogP contribution in [0.5, 0.6) is 0 Å². The van der Waals surface area contributed by atoms with Crippen molar-refractivity contribution in [2.45, 2.75) is 76.4 Å². The van der Waals surface area contributed by atoms with Gasteiger partial charge in [-0.05, 0) is 50.6 Å². The maximum Gasteiger partial charge on any atom is 0.239 e. The summed E-state index contributed by atoms with van der Waals surface area (Å²) in [4.78, 5) is 18.0. The summed E-state index contributed by atoms with van der Waals surface area (Å²) < 4.78 is 2.36. The Kier molecular flexibility index (Phi) is 5.84. The predicted molar refractivity (Wildman–Crippen MR) is 116 cm³/mol. The zero-order valence-corrected chi connectivity index (χ0v) is 17.9. The van der Waals surface area contributed by atoms with E-state index in [1.165, 1.54) is 24.8 Å². The number of benzene rings is 1. The van der Waals surface area contributed by atoms with E-state index in [-0.39, 0.29) is 6.04 Å². The lowest BCUT2D eigenvalue weighted by molar-refractivity contribution is -0.137. The van der Waals surface area contributed by atoms with Gasteiger partial charge in [0.25, 0.3) is 0 Å². The van der Waals surface area contributed by atoms with Crippen LogP contribution >= 0.6 is 0 Å². The lowest BCUT2D eigenvalue weighted by atomic mass is 9.96. The Morgan fingerprint density at radius 1 is 0.933 bits per heavy atom. The molecule has 0 spiro atoms. The van der Waals surface area contributed by atoms with Gasteiger partial charge in [0.15, 0.2) is 0 Å². The van der Waals surface area contributed by atoms with Crippen LogP contribution in [-0.2, 0) is 24.3 Å². The fourth-order valence-electron chi connectivity index (χ4n) is 5.52. The molecule has 6 nitrogen and oxygen atoms in total. The predicted octanol–water partition coefficient (Wildman–Crippen LogP) is 3.38. The van der Waals surface area contributed by atoms with E-state index in [2.05, 4.69) is 54.9 Å². The monoisotopic (exact) mass is 407 g/mol. The number of hydrogen-bond donors (Lipinski definition) is 0. The van der Waals surface area contributed by atoms with Gasteiger partial charge in [0.1, 0.15) is 11.6 Å². The number of aryl methyl sites for hydroxylation is 1. The second-order valence-corrected chi connectivity index (χ2v) is 9.17. The Morgan fingerprint density at radius 2 is 1.80 bits per heavy atom. The fourth-order valence-corrected chi connectivity index (χ4v) is 5.52. The topological polar surface area (TPSA) is 54.3 Å². The van der Waals surface area contributed by atoms with E-state index >= 15 is 0 Å². The Balaban J connectivity index is 1.28. The van der Waals surface area contributed by atoms with Crippen molar-refractivity contribution >= 4 is 5.91 Å². The van der Waals surface area contributed by atoms with Gasteiger partial charge in [-0.15, -0.1) is 10.2 Å². The van der Waals surface area contributed by atoms with Gasteiger partial charge in [-0.3, -0.25) is 9.69 Å². The number of aromatic nitrogens is 3. The average Bonchev–Trinajstić information content (AvgIpc) is 3.34. The van der Waals surface area contributed by atoms with Crippen LogP contribution in [0.2, 0.25) is 0 Å². The van der Waals surface area contributed by atoms with Gasteiger partial charge in [0.2, 0.25) is 5.91 Å². The van der Waals surface area contributed by atoms with Gasteiger partial charge < -0.3 is 9.47 Å². The molecule has 5 rings (SSSR count). The molecule has 0 saturated carbocycles. The Bertz CT molecular complexity index is 864. The van der Waals surface area contributed by atoms with Crippen LogP contribution in [0.4, 0.5) is 0 Å². The molecule has 0 bridgehead atoms. The first-order valence-corrected chi connectivity index (χ1v) is 11.8. The van der Waals surface area contributed by atoms with Gasteiger partial charge in [0.05, 0.1) is 6.04 Å². The highest BCUT2D eigenvalue weighted by molar-refractivity contribution is 5.82. The number of hydrogen-bond acceptors (Lipinski definition) is 4. The normalized spacial score (nSPS) is 25.1. The number of carbonyl (C=O) groups is 1. The number of carbonyl (C=O) groups excluding carboxylic acids is 1. The maximum atomic E-state index is 13.5. The lowest BCUT2D eigenvalue weighted by Crippen LogP contribution is -2.48. The minimum absolute atomic E-state index is 0.0273. The van der Waals surface area contributed by atoms with E-state index in [0.29, 0.717) is 11.8 Å². The molecule has 3 aliphatic heterocycles. The molecule has 0 aliphatic carbocycles. The Hall–Kier alpha value is -2.21. The number of piperidine rings is 1. The summed E-state index contributed by atoms with van der Waals surface area (Å²) in [6.07, 6.45) is 9.00. The van der Waals surface area contributed by atoms with Crippen molar-refractivity contribution in [2.24, 2.45) is 0 Å². The zero-order chi connectivity index (χ0) is 20.3. The first-order chi connectivity index (χ1) is 14.8. The van der Waals surface area contributed by atoms with Crippen LogP contribution in [0.1, 0.15) is 68.1 Å². The zero-order valence-electron chi connectivity index (χ0n) is 17.9. The van der Waals surface area contributed by atoms with Crippen molar-refractivity contribution in [3.05, 3.63) is 47.5 Å². The number of likely N-dealkylation sites (tertiary alicyclic amines) is 2. The minimum Gasteiger partial charge on any atom is -0.341 e. The standard InChI is InChI=1S/C24H33N5O/c30-24(21-12-8-14-27(21)17-19-9-3-1-4-10-19)28-15-7-11-20(18-28)23-26-25-22-13-5-2-6-16-29(22)23/h1,3-4,9-10,20-21H,2,5-8,11-18H2. The molecule has 6 heteroatoms. The molecule has 1 aromatic carbocycles. The van der Waals surface area contributed by atoms with E-state index in [1.807, 2.05) is 0 Å². The molecule has 160 valence electrons. The van der Waals surface area contributed by atoms with E-state index in [4.69, 9.17) is 0 Å². The molecule has 2 aromatic rings. The second-order valence-electron chi connectivity index (χ2n) is 9.17.